The molecule has 18 heavy (non-hydrogen) atoms. The number of hydrogen-bond donors (Lipinski definition) is 0. The van der Waals surface area contributed by atoms with E-state index < -0.39 is 40.5 Å². The molecule has 0 amide bonds. The third-order valence-electron chi connectivity index (χ3n) is 2.11. The van der Waals surface area contributed by atoms with Gasteiger partial charge in [-0.2, -0.15) is 0 Å². The number of hydrogen-bond acceptors (Lipinski definition) is 2. The third-order valence-corrected chi connectivity index (χ3v) is 2.39. The average molecular weight is 284 g/mol. The Morgan fingerprint density at radius 1 is 0.944 bits per heavy atom. The van der Waals surface area contributed by atoms with E-state index in [-0.39, 0.29) is 11.6 Å². The Balaban J connectivity index is 2.71. The van der Waals surface area contributed by atoms with Gasteiger partial charge < -0.3 is 4.42 Å². The van der Waals surface area contributed by atoms with Crippen molar-refractivity contribution >= 4 is 11.6 Å². The van der Waals surface area contributed by atoms with Crippen molar-refractivity contribution in [2.24, 2.45) is 0 Å². The second-order valence-electron chi connectivity index (χ2n) is 3.22. The summed E-state index contributed by atoms with van der Waals surface area (Å²) < 4.78 is 69.9. The molecule has 0 bridgehead atoms. The molecule has 2 rings (SSSR count). The van der Waals surface area contributed by atoms with E-state index in [1.807, 2.05) is 0 Å². The van der Waals surface area contributed by atoms with E-state index in [4.69, 9.17) is 11.6 Å². The molecule has 1 aromatic heterocycles. The standard InChI is InChI=1S/C10H3ClF5NO/c11-1-3-2-18-10(17-3)4-5(12)7(14)9(16)8(15)6(4)13/h2H,1H2. The molecule has 0 saturated heterocycles. The van der Waals surface area contributed by atoms with Crippen molar-refractivity contribution in [2.45, 2.75) is 5.88 Å². The maximum Gasteiger partial charge on any atom is 0.232 e. The SMILES string of the molecule is Fc1c(F)c(F)c(-c2nc(CCl)co2)c(F)c1F. The molecule has 0 atom stereocenters. The first-order valence-electron chi connectivity index (χ1n) is 4.49. The van der Waals surface area contributed by atoms with E-state index in [9.17, 15) is 22.0 Å². The topological polar surface area (TPSA) is 26.0 Å². The molecule has 1 heterocycles. The van der Waals surface area contributed by atoms with E-state index in [1.165, 1.54) is 0 Å². The normalized spacial score (nSPS) is 11.0. The first-order chi connectivity index (χ1) is 8.47. The Bertz CT molecular complexity index is 584. The molecule has 1 aromatic carbocycles. The molecular weight excluding hydrogens is 281 g/mol. The number of aromatic nitrogens is 1. The smallest absolute Gasteiger partial charge is 0.232 e. The van der Waals surface area contributed by atoms with Crippen molar-refractivity contribution in [1.29, 1.82) is 0 Å². The molecule has 0 fully saturated rings. The van der Waals surface area contributed by atoms with Crippen LogP contribution in [0.4, 0.5) is 22.0 Å². The van der Waals surface area contributed by atoms with Gasteiger partial charge in [-0.3, -0.25) is 0 Å². The Kier molecular flexibility index (Phi) is 3.25. The minimum Gasteiger partial charge on any atom is -0.444 e. The fraction of sp³-hybridized carbons (Fsp3) is 0.100. The Labute approximate surface area is 102 Å². The molecule has 0 saturated carbocycles. The molecule has 0 aliphatic heterocycles. The van der Waals surface area contributed by atoms with Gasteiger partial charge in [0.1, 0.15) is 11.8 Å². The number of oxazole rings is 1. The van der Waals surface area contributed by atoms with E-state index in [2.05, 4.69) is 9.40 Å². The van der Waals surface area contributed by atoms with Crippen LogP contribution in [-0.4, -0.2) is 4.98 Å². The summed E-state index contributed by atoms with van der Waals surface area (Å²) in [5, 5.41) is 0. The van der Waals surface area contributed by atoms with Crippen LogP contribution in [0.2, 0.25) is 0 Å². The van der Waals surface area contributed by atoms with Crippen LogP contribution in [-0.2, 0) is 5.88 Å². The molecule has 96 valence electrons. The van der Waals surface area contributed by atoms with Crippen LogP contribution < -0.4 is 0 Å². The lowest BCUT2D eigenvalue weighted by atomic mass is 10.1. The lowest BCUT2D eigenvalue weighted by Gasteiger charge is -2.04. The van der Waals surface area contributed by atoms with Gasteiger partial charge in [0.25, 0.3) is 0 Å². The van der Waals surface area contributed by atoms with Crippen LogP contribution in [0, 0.1) is 29.1 Å². The number of rotatable bonds is 2. The minimum atomic E-state index is -2.24. The van der Waals surface area contributed by atoms with Gasteiger partial charge in [-0.15, -0.1) is 11.6 Å². The first-order valence-corrected chi connectivity index (χ1v) is 5.03. The van der Waals surface area contributed by atoms with Gasteiger partial charge in [-0.1, -0.05) is 0 Å². The summed E-state index contributed by atoms with van der Waals surface area (Å²) >= 11 is 5.38. The highest BCUT2D eigenvalue weighted by molar-refractivity contribution is 6.16. The van der Waals surface area contributed by atoms with Crippen molar-refractivity contribution in [3.05, 3.63) is 41.0 Å². The molecule has 0 N–H and O–H groups in total. The van der Waals surface area contributed by atoms with Crippen LogP contribution in [0.3, 0.4) is 0 Å². The first kappa shape index (κ1) is 12.8. The summed E-state index contributed by atoms with van der Waals surface area (Å²) in [4.78, 5) is 3.50. The summed E-state index contributed by atoms with van der Waals surface area (Å²) in [5.41, 5.74) is -1.11. The second-order valence-corrected chi connectivity index (χ2v) is 3.49. The largest absolute Gasteiger partial charge is 0.444 e. The van der Waals surface area contributed by atoms with Crippen LogP contribution in [0.5, 0.6) is 0 Å². The highest BCUT2D eigenvalue weighted by Gasteiger charge is 2.29. The molecule has 2 aromatic rings. The van der Waals surface area contributed by atoms with Gasteiger partial charge in [0.2, 0.25) is 11.7 Å². The van der Waals surface area contributed by atoms with E-state index in [0.29, 0.717) is 0 Å². The van der Waals surface area contributed by atoms with Gasteiger partial charge in [-0.05, 0) is 0 Å². The summed E-state index contributed by atoms with van der Waals surface area (Å²) in [6.45, 7) is 0. The fourth-order valence-corrected chi connectivity index (χ4v) is 1.40. The molecule has 0 aliphatic rings. The van der Waals surface area contributed by atoms with Crippen LogP contribution >= 0.6 is 11.6 Å². The van der Waals surface area contributed by atoms with E-state index >= 15 is 0 Å². The lowest BCUT2D eigenvalue weighted by Crippen LogP contribution is -2.04. The van der Waals surface area contributed by atoms with E-state index in [1.54, 1.807) is 0 Å². The zero-order valence-corrected chi connectivity index (χ0v) is 9.16. The van der Waals surface area contributed by atoms with Crippen molar-refractivity contribution in [1.82, 2.24) is 4.98 Å². The van der Waals surface area contributed by atoms with Gasteiger partial charge in [0.05, 0.1) is 11.6 Å². The quantitative estimate of drug-likeness (QED) is 0.363. The van der Waals surface area contributed by atoms with Crippen LogP contribution in [0.15, 0.2) is 10.7 Å². The van der Waals surface area contributed by atoms with Crippen molar-refractivity contribution in [3.8, 4) is 11.5 Å². The molecular formula is C10H3ClF5NO. The number of nitrogens with zero attached hydrogens (tertiary/aromatic N) is 1. The Morgan fingerprint density at radius 3 is 1.89 bits per heavy atom. The number of halogens is 6. The summed E-state index contributed by atoms with van der Waals surface area (Å²) in [5.74, 6) is -11.2. The highest BCUT2D eigenvalue weighted by atomic mass is 35.5. The molecule has 0 aliphatic carbocycles. The Morgan fingerprint density at radius 2 is 1.44 bits per heavy atom. The van der Waals surface area contributed by atoms with Gasteiger partial charge in [0.15, 0.2) is 23.3 Å². The Hall–Kier alpha value is -1.63. The van der Waals surface area contributed by atoms with Crippen LogP contribution in [0.1, 0.15) is 5.69 Å². The predicted molar refractivity (Wildman–Crippen MR) is 51.3 cm³/mol. The zero-order valence-electron chi connectivity index (χ0n) is 8.41. The maximum atomic E-state index is 13.3. The maximum absolute atomic E-state index is 13.3. The van der Waals surface area contributed by atoms with Gasteiger partial charge >= 0.3 is 0 Å². The lowest BCUT2D eigenvalue weighted by molar-refractivity contribution is 0.378. The molecule has 0 spiro atoms. The summed E-state index contributed by atoms with van der Waals surface area (Å²) in [6.07, 6.45) is 0.959. The molecule has 2 nitrogen and oxygen atoms in total. The molecule has 8 heteroatoms. The number of benzene rings is 1. The minimum absolute atomic E-state index is 0.107. The second kappa shape index (κ2) is 4.56. The van der Waals surface area contributed by atoms with Crippen molar-refractivity contribution < 1.29 is 26.4 Å². The average Bonchev–Trinajstić information content (AvgIpc) is 2.83. The van der Waals surface area contributed by atoms with Gasteiger partial charge in [0, 0.05) is 0 Å². The zero-order chi connectivity index (χ0) is 13.4. The van der Waals surface area contributed by atoms with Crippen LogP contribution in [0.25, 0.3) is 11.5 Å². The number of alkyl halides is 1. The predicted octanol–water partition coefficient (Wildman–Crippen LogP) is 3.78. The fourth-order valence-electron chi connectivity index (χ4n) is 1.28. The van der Waals surface area contributed by atoms with Crippen molar-refractivity contribution in [2.75, 3.05) is 0 Å². The van der Waals surface area contributed by atoms with Crippen molar-refractivity contribution in [3.63, 3.8) is 0 Å². The van der Waals surface area contributed by atoms with Gasteiger partial charge in [-0.25, -0.2) is 26.9 Å². The molecule has 0 unspecified atom stereocenters. The third kappa shape index (κ3) is 1.84. The summed E-state index contributed by atoms with van der Waals surface area (Å²) in [6, 6.07) is 0. The monoisotopic (exact) mass is 283 g/mol. The molecule has 0 radical (unpaired) electrons. The van der Waals surface area contributed by atoms with E-state index in [0.717, 1.165) is 6.26 Å². The summed E-state index contributed by atoms with van der Waals surface area (Å²) in [7, 11) is 0. The highest BCUT2D eigenvalue weighted by Crippen LogP contribution is 2.31.